The molecule has 0 radical (unpaired) electrons. The zero-order valence-electron chi connectivity index (χ0n) is 10.4. The van der Waals surface area contributed by atoms with Crippen molar-refractivity contribution in [2.45, 2.75) is 18.0 Å². The topological polar surface area (TPSA) is 18.5 Å². The SMILES string of the molecule is COc1cc(F)c(Br)cc1C(Cl)CCOCC(F)(F)F. The van der Waals surface area contributed by atoms with E-state index in [0.717, 1.165) is 6.07 Å². The first-order chi connectivity index (χ1) is 9.24. The van der Waals surface area contributed by atoms with Gasteiger partial charge in [-0.25, -0.2) is 4.39 Å². The molecular weight excluding hydrogens is 367 g/mol. The van der Waals surface area contributed by atoms with Crippen LogP contribution in [-0.4, -0.2) is 26.5 Å². The van der Waals surface area contributed by atoms with Gasteiger partial charge >= 0.3 is 6.18 Å². The second kappa shape index (κ2) is 7.47. The fraction of sp³-hybridized carbons (Fsp3) is 0.500. The number of hydrogen-bond acceptors (Lipinski definition) is 2. The molecule has 1 atom stereocenters. The maximum Gasteiger partial charge on any atom is 0.411 e. The van der Waals surface area contributed by atoms with Crippen LogP contribution in [0, 0.1) is 5.82 Å². The van der Waals surface area contributed by atoms with Crippen LogP contribution in [0.4, 0.5) is 17.6 Å². The number of alkyl halides is 4. The van der Waals surface area contributed by atoms with Crippen molar-refractivity contribution in [2.24, 2.45) is 0 Å². The fourth-order valence-electron chi connectivity index (χ4n) is 1.50. The van der Waals surface area contributed by atoms with Gasteiger partial charge in [0.25, 0.3) is 0 Å². The van der Waals surface area contributed by atoms with Crippen LogP contribution in [0.1, 0.15) is 17.4 Å². The van der Waals surface area contributed by atoms with Gasteiger partial charge in [-0.3, -0.25) is 0 Å². The Bertz CT molecular complexity index is 454. The summed E-state index contributed by atoms with van der Waals surface area (Å²) >= 11 is 9.10. The second-order valence-corrected chi connectivity index (χ2v) is 5.31. The molecule has 20 heavy (non-hydrogen) atoms. The van der Waals surface area contributed by atoms with Crippen LogP contribution in [0.15, 0.2) is 16.6 Å². The van der Waals surface area contributed by atoms with Crippen LogP contribution < -0.4 is 4.74 Å². The van der Waals surface area contributed by atoms with Crippen molar-refractivity contribution in [2.75, 3.05) is 20.3 Å². The highest BCUT2D eigenvalue weighted by Gasteiger charge is 2.27. The van der Waals surface area contributed by atoms with E-state index in [0.29, 0.717) is 5.56 Å². The van der Waals surface area contributed by atoms with E-state index in [1.807, 2.05) is 0 Å². The highest BCUT2D eigenvalue weighted by atomic mass is 79.9. The van der Waals surface area contributed by atoms with E-state index in [9.17, 15) is 17.6 Å². The van der Waals surface area contributed by atoms with Crippen molar-refractivity contribution in [3.05, 3.63) is 28.0 Å². The highest BCUT2D eigenvalue weighted by Crippen LogP contribution is 2.35. The van der Waals surface area contributed by atoms with Crippen molar-refractivity contribution in [3.63, 3.8) is 0 Å². The van der Waals surface area contributed by atoms with Gasteiger partial charge in [-0.2, -0.15) is 13.2 Å². The van der Waals surface area contributed by atoms with Crippen molar-refractivity contribution in [3.8, 4) is 5.75 Å². The van der Waals surface area contributed by atoms with E-state index >= 15 is 0 Å². The Labute approximate surface area is 127 Å². The monoisotopic (exact) mass is 378 g/mol. The summed E-state index contributed by atoms with van der Waals surface area (Å²) in [5.41, 5.74) is 0.484. The van der Waals surface area contributed by atoms with E-state index in [2.05, 4.69) is 20.7 Å². The molecule has 2 nitrogen and oxygen atoms in total. The van der Waals surface area contributed by atoms with E-state index in [4.69, 9.17) is 16.3 Å². The van der Waals surface area contributed by atoms with E-state index < -0.39 is 24.0 Å². The normalized spacial score (nSPS) is 13.3. The van der Waals surface area contributed by atoms with Gasteiger partial charge in [-0.15, -0.1) is 11.6 Å². The van der Waals surface area contributed by atoms with Gasteiger partial charge in [-0.05, 0) is 28.4 Å². The number of benzene rings is 1. The first kappa shape index (κ1) is 17.5. The Morgan fingerprint density at radius 2 is 2.00 bits per heavy atom. The molecule has 1 aromatic carbocycles. The lowest BCUT2D eigenvalue weighted by atomic mass is 10.1. The summed E-state index contributed by atoms with van der Waals surface area (Å²) in [7, 11) is 1.36. The lowest BCUT2D eigenvalue weighted by molar-refractivity contribution is -0.174. The minimum Gasteiger partial charge on any atom is -0.496 e. The molecule has 0 spiro atoms. The van der Waals surface area contributed by atoms with Crippen molar-refractivity contribution >= 4 is 27.5 Å². The van der Waals surface area contributed by atoms with Gasteiger partial charge < -0.3 is 9.47 Å². The summed E-state index contributed by atoms with van der Waals surface area (Å²) < 4.78 is 58.7. The van der Waals surface area contributed by atoms with Crippen molar-refractivity contribution in [1.29, 1.82) is 0 Å². The van der Waals surface area contributed by atoms with Gasteiger partial charge in [0.2, 0.25) is 0 Å². The first-order valence-corrected chi connectivity index (χ1v) is 6.79. The molecule has 0 aliphatic heterocycles. The summed E-state index contributed by atoms with van der Waals surface area (Å²) in [5.74, 6) is -0.274. The molecule has 0 aromatic heterocycles. The number of halogens is 6. The predicted molar refractivity (Wildman–Crippen MR) is 70.7 cm³/mol. The quantitative estimate of drug-likeness (QED) is 0.400. The largest absolute Gasteiger partial charge is 0.496 e. The Morgan fingerprint density at radius 1 is 1.35 bits per heavy atom. The summed E-state index contributed by atoms with van der Waals surface area (Å²) in [6.45, 7) is -1.48. The Morgan fingerprint density at radius 3 is 2.55 bits per heavy atom. The number of hydrogen-bond donors (Lipinski definition) is 0. The lowest BCUT2D eigenvalue weighted by Crippen LogP contribution is -2.17. The molecule has 0 N–H and O–H groups in total. The second-order valence-electron chi connectivity index (χ2n) is 3.93. The Hall–Kier alpha value is -0.530. The zero-order valence-corrected chi connectivity index (χ0v) is 12.8. The number of methoxy groups -OCH3 is 1. The zero-order chi connectivity index (χ0) is 15.3. The minimum atomic E-state index is -4.36. The third-order valence-electron chi connectivity index (χ3n) is 2.39. The van der Waals surface area contributed by atoms with Crippen LogP contribution in [0.5, 0.6) is 5.75 Å². The summed E-state index contributed by atoms with van der Waals surface area (Å²) in [5, 5.41) is -0.643. The van der Waals surface area contributed by atoms with E-state index in [1.54, 1.807) is 0 Å². The highest BCUT2D eigenvalue weighted by molar-refractivity contribution is 9.10. The summed E-state index contributed by atoms with van der Waals surface area (Å²) in [6.07, 6.45) is -4.22. The molecule has 0 saturated heterocycles. The molecule has 0 fully saturated rings. The number of ether oxygens (including phenoxy) is 2. The average molecular weight is 380 g/mol. The van der Waals surface area contributed by atoms with Crippen LogP contribution in [0.3, 0.4) is 0 Å². The van der Waals surface area contributed by atoms with Crippen LogP contribution in [0.25, 0.3) is 0 Å². The molecule has 1 aromatic rings. The van der Waals surface area contributed by atoms with Crippen molar-refractivity contribution < 1.29 is 27.0 Å². The molecule has 0 aliphatic rings. The third kappa shape index (κ3) is 5.46. The van der Waals surface area contributed by atoms with Crippen LogP contribution in [-0.2, 0) is 4.74 Å². The minimum absolute atomic E-state index is 0.145. The molecule has 0 bridgehead atoms. The Kier molecular flexibility index (Phi) is 6.54. The molecule has 0 heterocycles. The smallest absolute Gasteiger partial charge is 0.411 e. The average Bonchev–Trinajstić information content (AvgIpc) is 2.36. The molecule has 8 heteroatoms. The molecule has 1 unspecified atom stereocenters. The maximum atomic E-state index is 13.3. The number of rotatable bonds is 6. The molecular formula is C12H12BrClF4O2. The van der Waals surface area contributed by atoms with Crippen molar-refractivity contribution in [1.82, 2.24) is 0 Å². The molecule has 1 rings (SSSR count). The fourth-order valence-corrected chi connectivity index (χ4v) is 2.12. The van der Waals surface area contributed by atoms with Gasteiger partial charge in [0.1, 0.15) is 18.2 Å². The standard InChI is InChI=1S/C12H12BrClF4O2/c1-19-11-5-10(15)8(13)4-7(11)9(14)2-3-20-6-12(16,17)18/h4-5,9H,2-3,6H2,1H3. The third-order valence-corrected chi connectivity index (χ3v) is 3.45. The van der Waals surface area contributed by atoms with E-state index in [-0.39, 0.29) is 23.2 Å². The predicted octanol–water partition coefficient (Wildman–Crippen LogP) is 4.85. The molecule has 0 amide bonds. The molecule has 0 aliphatic carbocycles. The van der Waals surface area contributed by atoms with Gasteiger partial charge in [-0.1, -0.05) is 0 Å². The first-order valence-electron chi connectivity index (χ1n) is 5.56. The van der Waals surface area contributed by atoms with Crippen LogP contribution >= 0.6 is 27.5 Å². The summed E-state index contributed by atoms with van der Waals surface area (Å²) in [4.78, 5) is 0. The molecule has 0 saturated carbocycles. The molecule has 114 valence electrons. The maximum absolute atomic E-state index is 13.3. The Balaban J connectivity index is 2.63. The van der Waals surface area contributed by atoms with Gasteiger partial charge in [0, 0.05) is 18.2 Å². The van der Waals surface area contributed by atoms with Gasteiger partial charge in [0.05, 0.1) is 17.0 Å². The lowest BCUT2D eigenvalue weighted by Gasteiger charge is -2.15. The van der Waals surface area contributed by atoms with E-state index in [1.165, 1.54) is 13.2 Å². The summed E-state index contributed by atoms with van der Waals surface area (Å²) in [6, 6.07) is 2.60. The van der Waals surface area contributed by atoms with Gasteiger partial charge in [0.15, 0.2) is 0 Å². The van der Waals surface area contributed by atoms with Crippen LogP contribution in [0.2, 0.25) is 0 Å².